The van der Waals surface area contributed by atoms with Gasteiger partial charge in [0.1, 0.15) is 5.75 Å². The van der Waals surface area contributed by atoms with Crippen LogP contribution in [0.3, 0.4) is 0 Å². The second-order valence-corrected chi connectivity index (χ2v) is 10.3. The molecule has 4 rings (SSSR count). The van der Waals surface area contributed by atoms with E-state index in [0.717, 1.165) is 44.0 Å². The average molecular weight is 458 g/mol. The van der Waals surface area contributed by atoms with Crippen molar-refractivity contribution in [3.63, 3.8) is 0 Å². The molecule has 0 unspecified atom stereocenters. The van der Waals surface area contributed by atoms with Gasteiger partial charge >= 0.3 is 0 Å². The number of amides is 1. The summed E-state index contributed by atoms with van der Waals surface area (Å²) >= 11 is 0. The van der Waals surface area contributed by atoms with E-state index in [9.17, 15) is 13.2 Å². The molecule has 32 heavy (non-hydrogen) atoms. The van der Waals surface area contributed by atoms with Crippen LogP contribution in [0, 0.1) is 13.8 Å². The van der Waals surface area contributed by atoms with Gasteiger partial charge in [0.05, 0.1) is 11.5 Å². The molecule has 0 spiro atoms. The summed E-state index contributed by atoms with van der Waals surface area (Å²) in [7, 11) is -3.62. The number of carbonyl (C=O) groups is 1. The zero-order valence-electron chi connectivity index (χ0n) is 18.8. The van der Waals surface area contributed by atoms with Gasteiger partial charge in [0.25, 0.3) is 0 Å². The SMILES string of the molecule is Cc1ccc(S(=O)(=O)NCCC(=O)N2CCN(Cc3ccc4c(c3)CCO4)CC2)c(C)c1. The van der Waals surface area contributed by atoms with Gasteiger partial charge in [0, 0.05) is 52.1 Å². The zero-order chi connectivity index (χ0) is 22.7. The van der Waals surface area contributed by atoms with E-state index in [1.54, 1.807) is 19.1 Å². The van der Waals surface area contributed by atoms with E-state index < -0.39 is 10.0 Å². The number of nitrogens with zero attached hydrogens (tertiary/aromatic N) is 2. The van der Waals surface area contributed by atoms with Crippen molar-refractivity contribution >= 4 is 15.9 Å². The largest absolute Gasteiger partial charge is 0.493 e. The number of fused-ring (bicyclic) bond motifs is 1. The first kappa shape index (κ1) is 22.8. The summed E-state index contributed by atoms with van der Waals surface area (Å²) in [5.74, 6) is 0.986. The Hall–Kier alpha value is -2.42. The maximum absolute atomic E-state index is 12.6. The maximum atomic E-state index is 12.6. The molecule has 7 nitrogen and oxygen atoms in total. The summed E-state index contributed by atoms with van der Waals surface area (Å²) in [5, 5.41) is 0. The summed E-state index contributed by atoms with van der Waals surface area (Å²) in [4.78, 5) is 17.0. The van der Waals surface area contributed by atoms with Crippen molar-refractivity contribution in [2.75, 3.05) is 39.3 Å². The molecule has 0 saturated carbocycles. The lowest BCUT2D eigenvalue weighted by Gasteiger charge is -2.35. The third-order valence-corrected chi connectivity index (χ3v) is 7.76. The second-order valence-electron chi connectivity index (χ2n) is 8.61. The number of aryl methyl sites for hydroxylation is 2. The van der Waals surface area contributed by atoms with Crippen LogP contribution in [-0.4, -0.2) is 63.5 Å². The summed E-state index contributed by atoms with van der Waals surface area (Å²) in [6.45, 7) is 8.39. The predicted octanol–water partition coefficient (Wildman–Crippen LogP) is 2.25. The molecule has 0 bridgehead atoms. The first-order chi connectivity index (χ1) is 15.3. The maximum Gasteiger partial charge on any atom is 0.240 e. The highest BCUT2D eigenvalue weighted by Gasteiger charge is 2.23. The number of hydrogen-bond acceptors (Lipinski definition) is 5. The molecule has 1 fully saturated rings. The van der Waals surface area contributed by atoms with E-state index in [1.165, 1.54) is 11.1 Å². The molecule has 0 atom stereocenters. The third kappa shape index (κ3) is 5.31. The minimum Gasteiger partial charge on any atom is -0.493 e. The van der Waals surface area contributed by atoms with Gasteiger partial charge in [0.15, 0.2) is 0 Å². The number of sulfonamides is 1. The van der Waals surface area contributed by atoms with Gasteiger partial charge in [-0.15, -0.1) is 0 Å². The first-order valence-corrected chi connectivity index (χ1v) is 12.6. The topological polar surface area (TPSA) is 79.0 Å². The molecule has 0 aliphatic carbocycles. The number of ether oxygens (including phenoxy) is 1. The molecular weight excluding hydrogens is 426 g/mol. The number of nitrogens with one attached hydrogen (secondary N) is 1. The Morgan fingerprint density at radius 1 is 1.06 bits per heavy atom. The lowest BCUT2D eigenvalue weighted by molar-refractivity contribution is -0.132. The van der Waals surface area contributed by atoms with E-state index in [1.807, 2.05) is 17.9 Å². The lowest BCUT2D eigenvalue weighted by Crippen LogP contribution is -2.48. The van der Waals surface area contributed by atoms with E-state index in [0.29, 0.717) is 18.7 Å². The van der Waals surface area contributed by atoms with Crippen LogP contribution < -0.4 is 9.46 Å². The van der Waals surface area contributed by atoms with Gasteiger partial charge in [0.2, 0.25) is 15.9 Å². The minimum absolute atomic E-state index is 0.0114. The van der Waals surface area contributed by atoms with Crippen molar-refractivity contribution in [2.45, 2.75) is 38.1 Å². The van der Waals surface area contributed by atoms with Crippen molar-refractivity contribution in [1.29, 1.82) is 0 Å². The molecular formula is C24H31N3O4S. The number of carbonyl (C=O) groups excluding carboxylic acids is 1. The Morgan fingerprint density at radius 3 is 2.59 bits per heavy atom. The fourth-order valence-corrected chi connectivity index (χ4v) is 5.64. The van der Waals surface area contributed by atoms with Crippen molar-refractivity contribution in [1.82, 2.24) is 14.5 Å². The standard InChI is InChI=1S/C24H31N3O4S/c1-18-3-6-23(19(2)15-18)32(29,30)25-9-7-24(28)27-12-10-26(11-13-27)17-20-4-5-22-21(16-20)8-14-31-22/h3-6,15-16,25H,7-14,17H2,1-2H3. The van der Waals surface area contributed by atoms with Crippen LogP contribution in [0.1, 0.15) is 28.7 Å². The summed E-state index contributed by atoms with van der Waals surface area (Å²) in [6.07, 6.45) is 1.13. The highest BCUT2D eigenvalue weighted by atomic mass is 32.2. The molecule has 1 saturated heterocycles. The number of piperazine rings is 1. The fourth-order valence-electron chi connectivity index (χ4n) is 4.38. The Morgan fingerprint density at radius 2 is 1.84 bits per heavy atom. The fraction of sp³-hybridized carbons (Fsp3) is 0.458. The van der Waals surface area contributed by atoms with Gasteiger partial charge in [-0.05, 0) is 42.7 Å². The van der Waals surface area contributed by atoms with Crippen molar-refractivity contribution in [3.8, 4) is 5.75 Å². The molecule has 2 heterocycles. The van der Waals surface area contributed by atoms with E-state index in [4.69, 9.17) is 4.74 Å². The van der Waals surface area contributed by atoms with Gasteiger partial charge < -0.3 is 9.64 Å². The quantitative estimate of drug-likeness (QED) is 0.690. The molecule has 1 amide bonds. The summed E-state index contributed by atoms with van der Waals surface area (Å²) in [5.41, 5.74) is 4.27. The highest BCUT2D eigenvalue weighted by molar-refractivity contribution is 7.89. The zero-order valence-corrected chi connectivity index (χ0v) is 19.6. The smallest absolute Gasteiger partial charge is 0.240 e. The molecule has 172 valence electrons. The Bertz CT molecular complexity index is 1090. The monoisotopic (exact) mass is 457 g/mol. The summed E-state index contributed by atoms with van der Waals surface area (Å²) < 4.78 is 33.3. The van der Waals surface area contributed by atoms with E-state index >= 15 is 0 Å². The molecule has 2 aromatic carbocycles. The Balaban J connectivity index is 1.22. The molecule has 8 heteroatoms. The molecule has 0 radical (unpaired) electrons. The molecule has 0 aromatic heterocycles. The van der Waals surface area contributed by atoms with Gasteiger partial charge in [-0.3, -0.25) is 9.69 Å². The van der Waals surface area contributed by atoms with Crippen LogP contribution in [0.25, 0.3) is 0 Å². The summed E-state index contributed by atoms with van der Waals surface area (Å²) in [6, 6.07) is 11.6. The highest BCUT2D eigenvalue weighted by Crippen LogP contribution is 2.26. The average Bonchev–Trinajstić information content (AvgIpc) is 3.21. The van der Waals surface area contributed by atoms with Crippen molar-refractivity contribution < 1.29 is 17.9 Å². The first-order valence-electron chi connectivity index (χ1n) is 11.1. The second kappa shape index (κ2) is 9.60. The number of benzene rings is 2. The van der Waals surface area contributed by atoms with Crippen molar-refractivity contribution in [2.24, 2.45) is 0 Å². The van der Waals surface area contributed by atoms with E-state index in [-0.39, 0.29) is 23.8 Å². The van der Waals surface area contributed by atoms with Gasteiger partial charge in [-0.25, -0.2) is 13.1 Å². The number of rotatable bonds is 7. The van der Waals surface area contributed by atoms with Crippen LogP contribution in [0.4, 0.5) is 0 Å². The molecule has 2 aliphatic heterocycles. The minimum atomic E-state index is -3.62. The van der Waals surface area contributed by atoms with Crippen LogP contribution in [-0.2, 0) is 27.8 Å². The van der Waals surface area contributed by atoms with Crippen LogP contribution in [0.15, 0.2) is 41.3 Å². The lowest BCUT2D eigenvalue weighted by atomic mass is 10.1. The normalized spacial score (nSPS) is 16.6. The van der Waals surface area contributed by atoms with Gasteiger partial charge in [-0.2, -0.15) is 0 Å². The van der Waals surface area contributed by atoms with Crippen molar-refractivity contribution in [3.05, 3.63) is 58.7 Å². The van der Waals surface area contributed by atoms with Crippen LogP contribution in [0.2, 0.25) is 0 Å². The molecule has 2 aromatic rings. The molecule has 1 N–H and O–H groups in total. The number of hydrogen-bond donors (Lipinski definition) is 1. The van der Waals surface area contributed by atoms with Crippen LogP contribution in [0.5, 0.6) is 5.75 Å². The van der Waals surface area contributed by atoms with E-state index in [2.05, 4.69) is 27.8 Å². The predicted molar refractivity (Wildman–Crippen MR) is 123 cm³/mol. The van der Waals surface area contributed by atoms with Gasteiger partial charge in [-0.1, -0.05) is 29.8 Å². The Labute approximate surface area is 190 Å². The third-order valence-electron chi connectivity index (χ3n) is 6.14. The Kier molecular flexibility index (Phi) is 6.83. The molecule has 2 aliphatic rings. The van der Waals surface area contributed by atoms with Crippen LogP contribution >= 0.6 is 0 Å².